The molecular weight excluding hydrogens is 255 g/mol. The minimum atomic E-state index is -4.10. The molecule has 1 aliphatic rings. The fourth-order valence-corrected chi connectivity index (χ4v) is 2.38. The summed E-state index contributed by atoms with van der Waals surface area (Å²) in [6.45, 7) is 0.718. The van der Waals surface area contributed by atoms with Gasteiger partial charge in [0.2, 0.25) is 0 Å². The number of aryl methyl sites for hydroxylation is 1. The normalized spacial score (nSPS) is 16.6. The van der Waals surface area contributed by atoms with E-state index in [2.05, 4.69) is 5.32 Å². The van der Waals surface area contributed by atoms with E-state index in [-0.39, 0.29) is 12.5 Å². The zero-order chi connectivity index (χ0) is 13.9. The highest BCUT2D eigenvalue weighted by atomic mass is 19.4. The molecule has 0 amide bonds. The van der Waals surface area contributed by atoms with Crippen LogP contribution in [0.2, 0.25) is 0 Å². The van der Waals surface area contributed by atoms with Gasteiger partial charge < -0.3 is 10.1 Å². The Balaban J connectivity index is 2.10. The van der Waals surface area contributed by atoms with Gasteiger partial charge in [0.15, 0.2) is 0 Å². The minimum Gasteiger partial charge on any atom is -0.493 e. The van der Waals surface area contributed by atoms with E-state index in [1.165, 1.54) is 0 Å². The number of halogens is 3. The van der Waals surface area contributed by atoms with Crippen molar-refractivity contribution in [2.75, 3.05) is 13.7 Å². The first-order chi connectivity index (χ1) is 8.99. The van der Waals surface area contributed by atoms with Crippen LogP contribution >= 0.6 is 0 Å². The number of nitrogens with one attached hydrogen (secondary N) is 1. The fraction of sp³-hybridized carbons (Fsp3) is 0.571. The van der Waals surface area contributed by atoms with Crippen LogP contribution in [0.3, 0.4) is 0 Å². The van der Waals surface area contributed by atoms with E-state index < -0.39 is 12.6 Å². The first kappa shape index (κ1) is 14.2. The van der Waals surface area contributed by atoms with E-state index in [0.717, 1.165) is 36.3 Å². The maximum atomic E-state index is 12.3. The number of hydrogen-bond donors (Lipinski definition) is 1. The topological polar surface area (TPSA) is 21.3 Å². The minimum absolute atomic E-state index is 0.0552. The smallest absolute Gasteiger partial charge is 0.389 e. The van der Waals surface area contributed by atoms with Gasteiger partial charge in [-0.25, -0.2) is 0 Å². The Bertz CT molecular complexity index is 431. The molecule has 1 aliphatic heterocycles. The molecule has 0 fully saturated rings. The van der Waals surface area contributed by atoms with Gasteiger partial charge in [0, 0.05) is 12.5 Å². The van der Waals surface area contributed by atoms with Crippen LogP contribution < -0.4 is 10.1 Å². The first-order valence-electron chi connectivity index (χ1n) is 6.49. The molecule has 0 spiro atoms. The highest BCUT2D eigenvalue weighted by Gasteiger charge is 2.28. The summed E-state index contributed by atoms with van der Waals surface area (Å²) < 4.78 is 42.4. The predicted octanol–water partition coefficient (Wildman–Crippen LogP) is 3.61. The molecule has 2 nitrogen and oxygen atoms in total. The van der Waals surface area contributed by atoms with Gasteiger partial charge in [-0.2, -0.15) is 13.2 Å². The highest BCUT2D eigenvalue weighted by Crippen LogP contribution is 2.31. The molecular formula is C14H18F3NO. The van der Waals surface area contributed by atoms with Crippen molar-refractivity contribution in [2.24, 2.45) is 0 Å². The van der Waals surface area contributed by atoms with Gasteiger partial charge in [-0.15, -0.1) is 0 Å². The fourth-order valence-electron chi connectivity index (χ4n) is 2.38. The number of rotatable bonds is 4. The van der Waals surface area contributed by atoms with Crippen LogP contribution in [-0.2, 0) is 6.42 Å². The van der Waals surface area contributed by atoms with E-state index in [1.807, 2.05) is 18.2 Å². The molecule has 0 saturated carbocycles. The van der Waals surface area contributed by atoms with E-state index in [0.29, 0.717) is 0 Å². The molecule has 1 aromatic rings. The summed E-state index contributed by atoms with van der Waals surface area (Å²) in [5.41, 5.74) is 1.99. The van der Waals surface area contributed by atoms with Gasteiger partial charge in [-0.1, -0.05) is 12.1 Å². The molecule has 19 heavy (non-hydrogen) atoms. The summed E-state index contributed by atoms with van der Waals surface area (Å²) in [4.78, 5) is 0. The molecule has 0 aromatic heterocycles. The summed E-state index contributed by atoms with van der Waals surface area (Å²) in [5, 5.41) is 2.96. The summed E-state index contributed by atoms with van der Waals surface area (Å²) in [7, 11) is 1.69. The van der Waals surface area contributed by atoms with Crippen LogP contribution in [0.15, 0.2) is 18.2 Å². The molecule has 1 N–H and O–H groups in total. The van der Waals surface area contributed by atoms with Crippen molar-refractivity contribution in [3.05, 3.63) is 29.3 Å². The van der Waals surface area contributed by atoms with Crippen molar-refractivity contribution in [2.45, 2.75) is 37.9 Å². The number of alkyl halides is 3. The molecule has 0 saturated heterocycles. The standard InChI is InChI=1S/C14H18F3NO/c1-18-12(6-7-14(15,16)17)10-4-5-13-11(9-10)3-2-8-19-13/h4-5,9,12,18H,2-3,6-8H2,1H3. The van der Waals surface area contributed by atoms with Gasteiger partial charge >= 0.3 is 6.18 Å². The lowest BCUT2D eigenvalue weighted by Crippen LogP contribution is -2.20. The number of benzene rings is 1. The van der Waals surface area contributed by atoms with Crippen LogP contribution in [0.5, 0.6) is 5.75 Å². The van der Waals surface area contributed by atoms with Crippen molar-refractivity contribution in [3.63, 3.8) is 0 Å². The third kappa shape index (κ3) is 3.86. The molecule has 2 rings (SSSR count). The Morgan fingerprint density at radius 2 is 2.16 bits per heavy atom. The maximum absolute atomic E-state index is 12.3. The summed E-state index contributed by atoms with van der Waals surface area (Å²) in [5.74, 6) is 0.862. The van der Waals surface area contributed by atoms with Crippen LogP contribution in [0, 0.1) is 0 Å². The molecule has 0 aliphatic carbocycles. The Hall–Kier alpha value is -1.23. The van der Waals surface area contributed by atoms with Gasteiger partial charge in [0.05, 0.1) is 6.61 Å². The Kier molecular flexibility index (Phi) is 4.34. The van der Waals surface area contributed by atoms with Gasteiger partial charge in [-0.3, -0.25) is 0 Å². The monoisotopic (exact) mass is 273 g/mol. The van der Waals surface area contributed by atoms with Crippen molar-refractivity contribution in [1.29, 1.82) is 0 Å². The number of ether oxygens (including phenoxy) is 1. The SMILES string of the molecule is CNC(CCC(F)(F)F)c1ccc2c(c1)CCCO2. The van der Waals surface area contributed by atoms with E-state index >= 15 is 0 Å². The van der Waals surface area contributed by atoms with Gasteiger partial charge in [0.1, 0.15) is 5.75 Å². The zero-order valence-electron chi connectivity index (χ0n) is 10.9. The molecule has 106 valence electrons. The molecule has 0 radical (unpaired) electrons. The van der Waals surface area contributed by atoms with E-state index in [4.69, 9.17) is 4.74 Å². The van der Waals surface area contributed by atoms with Crippen LogP contribution in [-0.4, -0.2) is 19.8 Å². The third-order valence-electron chi connectivity index (χ3n) is 3.40. The van der Waals surface area contributed by atoms with Crippen molar-refractivity contribution in [1.82, 2.24) is 5.32 Å². The lowest BCUT2D eigenvalue weighted by Gasteiger charge is -2.22. The number of fused-ring (bicyclic) bond motifs is 1. The lowest BCUT2D eigenvalue weighted by atomic mass is 9.97. The maximum Gasteiger partial charge on any atom is 0.389 e. The molecule has 1 atom stereocenters. The van der Waals surface area contributed by atoms with Gasteiger partial charge in [-0.05, 0) is 43.5 Å². The molecule has 0 bridgehead atoms. The van der Waals surface area contributed by atoms with Crippen LogP contribution in [0.25, 0.3) is 0 Å². The second-order valence-corrected chi connectivity index (χ2v) is 4.81. The second kappa shape index (κ2) is 5.82. The lowest BCUT2D eigenvalue weighted by molar-refractivity contribution is -0.136. The third-order valence-corrected chi connectivity index (χ3v) is 3.40. The quantitative estimate of drug-likeness (QED) is 0.904. The average Bonchev–Trinajstić information content (AvgIpc) is 2.38. The van der Waals surface area contributed by atoms with Crippen molar-refractivity contribution >= 4 is 0 Å². The average molecular weight is 273 g/mol. The largest absolute Gasteiger partial charge is 0.493 e. The predicted molar refractivity (Wildman–Crippen MR) is 67.3 cm³/mol. The van der Waals surface area contributed by atoms with E-state index in [9.17, 15) is 13.2 Å². The van der Waals surface area contributed by atoms with Crippen LogP contribution in [0.4, 0.5) is 13.2 Å². The van der Waals surface area contributed by atoms with Crippen LogP contribution in [0.1, 0.15) is 36.4 Å². The Morgan fingerprint density at radius 3 is 2.84 bits per heavy atom. The Labute approximate surface area is 111 Å². The Morgan fingerprint density at radius 1 is 1.37 bits per heavy atom. The highest BCUT2D eigenvalue weighted by molar-refractivity contribution is 5.39. The van der Waals surface area contributed by atoms with Crippen molar-refractivity contribution < 1.29 is 17.9 Å². The van der Waals surface area contributed by atoms with E-state index in [1.54, 1.807) is 7.05 Å². The number of hydrogen-bond acceptors (Lipinski definition) is 2. The molecule has 1 aromatic carbocycles. The summed E-state index contributed by atoms with van der Waals surface area (Å²) in [6, 6.07) is 5.41. The summed E-state index contributed by atoms with van der Waals surface area (Å²) >= 11 is 0. The first-order valence-corrected chi connectivity index (χ1v) is 6.49. The van der Waals surface area contributed by atoms with Crippen molar-refractivity contribution in [3.8, 4) is 5.75 Å². The molecule has 1 heterocycles. The molecule has 1 unspecified atom stereocenters. The zero-order valence-corrected chi connectivity index (χ0v) is 10.9. The summed E-state index contributed by atoms with van der Waals surface area (Å²) in [6.07, 6.45) is -2.93. The van der Waals surface area contributed by atoms with Gasteiger partial charge in [0.25, 0.3) is 0 Å². The molecule has 5 heteroatoms. The second-order valence-electron chi connectivity index (χ2n) is 4.81.